The number of hydrogen-bond donors (Lipinski definition) is 1. The van der Waals surface area contributed by atoms with Gasteiger partial charge in [0, 0.05) is 51.9 Å². The molecule has 0 unspecified atom stereocenters. The summed E-state index contributed by atoms with van der Waals surface area (Å²) in [5.74, 6) is -0.0338. The molecule has 0 radical (unpaired) electrons. The Kier molecular flexibility index (Phi) is 7.21. The minimum absolute atomic E-state index is 0.0338. The molecule has 0 aliphatic carbocycles. The summed E-state index contributed by atoms with van der Waals surface area (Å²) in [4.78, 5) is 27.9. The van der Waals surface area contributed by atoms with Crippen molar-refractivity contribution < 1.29 is 9.59 Å². The molecule has 3 amide bonds. The van der Waals surface area contributed by atoms with E-state index in [2.05, 4.69) is 10.4 Å². The molecule has 7 nitrogen and oxygen atoms in total. The number of aromatic nitrogens is 2. The normalized spacial score (nSPS) is 10.5. The van der Waals surface area contributed by atoms with Gasteiger partial charge in [0.1, 0.15) is 0 Å². The summed E-state index contributed by atoms with van der Waals surface area (Å²) >= 11 is 0. The summed E-state index contributed by atoms with van der Waals surface area (Å²) in [5.41, 5.74) is 2.98. The van der Waals surface area contributed by atoms with E-state index in [1.165, 1.54) is 0 Å². The Morgan fingerprint density at radius 1 is 0.900 bits per heavy atom. The molecule has 156 valence electrons. The lowest BCUT2D eigenvalue weighted by Crippen LogP contribution is -2.39. The smallest absolute Gasteiger partial charge is 0.317 e. The molecule has 3 aromatic rings. The zero-order chi connectivity index (χ0) is 21.3. The summed E-state index contributed by atoms with van der Waals surface area (Å²) < 4.78 is 1.79. The molecule has 0 saturated heterocycles. The molecule has 1 aromatic heterocycles. The minimum Gasteiger partial charge on any atom is -0.341 e. The van der Waals surface area contributed by atoms with Gasteiger partial charge in [0.25, 0.3) is 0 Å². The van der Waals surface area contributed by atoms with Gasteiger partial charge < -0.3 is 15.1 Å². The molecule has 1 heterocycles. The van der Waals surface area contributed by atoms with Crippen molar-refractivity contribution in [1.29, 1.82) is 0 Å². The number of carbonyl (C=O) groups is 2. The number of nitrogens with one attached hydrogen (secondary N) is 1. The second-order valence-electron chi connectivity index (χ2n) is 7.20. The van der Waals surface area contributed by atoms with Gasteiger partial charge in [-0.05, 0) is 17.7 Å². The maximum absolute atomic E-state index is 12.4. The van der Waals surface area contributed by atoms with Gasteiger partial charge in [-0.3, -0.25) is 4.79 Å². The van der Waals surface area contributed by atoms with Crippen LogP contribution in [0.5, 0.6) is 0 Å². The van der Waals surface area contributed by atoms with Crippen molar-refractivity contribution in [3.8, 4) is 5.69 Å². The number of amides is 3. The van der Waals surface area contributed by atoms with E-state index in [4.69, 9.17) is 0 Å². The van der Waals surface area contributed by atoms with Crippen LogP contribution < -0.4 is 5.32 Å². The maximum atomic E-state index is 12.4. The Morgan fingerprint density at radius 2 is 1.53 bits per heavy atom. The molecule has 1 N–H and O–H groups in total. The maximum Gasteiger partial charge on any atom is 0.317 e. The lowest BCUT2D eigenvalue weighted by atomic mass is 10.2. The largest absolute Gasteiger partial charge is 0.341 e. The molecule has 0 fully saturated rings. The Bertz CT molecular complexity index is 956. The van der Waals surface area contributed by atoms with Gasteiger partial charge in [-0.25, -0.2) is 9.48 Å². The third kappa shape index (κ3) is 5.94. The van der Waals surface area contributed by atoms with Crippen molar-refractivity contribution >= 4 is 11.9 Å². The molecular formula is C23H27N5O2. The van der Waals surface area contributed by atoms with Crippen molar-refractivity contribution in [3.63, 3.8) is 0 Å². The summed E-state index contributed by atoms with van der Waals surface area (Å²) in [6.45, 7) is 1.28. The van der Waals surface area contributed by atoms with Gasteiger partial charge in [0.05, 0.1) is 11.9 Å². The van der Waals surface area contributed by atoms with Gasteiger partial charge in [0.15, 0.2) is 0 Å². The van der Waals surface area contributed by atoms with E-state index in [-0.39, 0.29) is 18.4 Å². The van der Waals surface area contributed by atoms with Crippen LogP contribution in [0.1, 0.15) is 17.5 Å². The second-order valence-corrected chi connectivity index (χ2v) is 7.20. The number of para-hydroxylation sites is 1. The first-order valence-corrected chi connectivity index (χ1v) is 9.89. The van der Waals surface area contributed by atoms with Crippen LogP contribution in [0.3, 0.4) is 0 Å². The topological polar surface area (TPSA) is 70.5 Å². The molecule has 0 aliphatic rings. The van der Waals surface area contributed by atoms with Gasteiger partial charge >= 0.3 is 6.03 Å². The van der Waals surface area contributed by atoms with Crippen molar-refractivity contribution in [2.45, 2.75) is 19.5 Å². The van der Waals surface area contributed by atoms with Crippen LogP contribution in [0.4, 0.5) is 4.79 Å². The first-order valence-electron chi connectivity index (χ1n) is 9.89. The quantitative estimate of drug-likeness (QED) is 0.626. The van der Waals surface area contributed by atoms with E-state index in [1.54, 1.807) is 34.8 Å². The fourth-order valence-electron chi connectivity index (χ4n) is 3.06. The fraction of sp³-hybridized carbons (Fsp3) is 0.261. The van der Waals surface area contributed by atoms with E-state index >= 15 is 0 Å². The molecule has 0 atom stereocenters. The number of benzene rings is 2. The number of urea groups is 1. The second kappa shape index (κ2) is 10.2. The fourth-order valence-corrected chi connectivity index (χ4v) is 3.06. The molecular weight excluding hydrogens is 378 g/mol. The first-order chi connectivity index (χ1) is 14.5. The van der Waals surface area contributed by atoms with Crippen LogP contribution in [0, 0.1) is 0 Å². The van der Waals surface area contributed by atoms with Gasteiger partial charge in [-0.15, -0.1) is 0 Å². The average molecular weight is 406 g/mol. The Labute approximate surface area is 176 Å². The van der Waals surface area contributed by atoms with Crippen molar-refractivity contribution in [2.24, 2.45) is 0 Å². The van der Waals surface area contributed by atoms with E-state index in [0.29, 0.717) is 19.6 Å². The van der Waals surface area contributed by atoms with Crippen molar-refractivity contribution in [2.75, 3.05) is 20.6 Å². The molecule has 0 aliphatic heterocycles. The molecule has 2 aromatic carbocycles. The highest BCUT2D eigenvalue weighted by atomic mass is 16.2. The number of hydrogen-bond acceptors (Lipinski definition) is 3. The molecule has 0 saturated carbocycles. The van der Waals surface area contributed by atoms with E-state index < -0.39 is 0 Å². The molecule has 0 spiro atoms. The Hall–Kier alpha value is -3.61. The average Bonchev–Trinajstić information content (AvgIpc) is 3.23. The molecule has 7 heteroatoms. The molecule has 3 rings (SSSR count). The zero-order valence-corrected chi connectivity index (χ0v) is 17.4. The van der Waals surface area contributed by atoms with Crippen molar-refractivity contribution in [3.05, 3.63) is 84.2 Å². The predicted octanol–water partition coefficient (Wildman–Crippen LogP) is 3.06. The zero-order valence-electron chi connectivity index (χ0n) is 17.4. The molecule has 30 heavy (non-hydrogen) atoms. The summed E-state index contributed by atoms with van der Waals surface area (Å²) in [7, 11) is 3.49. The van der Waals surface area contributed by atoms with Crippen LogP contribution >= 0.6 is 0 Å². The van der Waals surface area contributed by atoms with Crippen molar-refractivity contribution in [1.82, 2.24) is 24.9 Å². The van der Waals surface area contributed by atoms with Crippen LogP contribution in [0.25, 0.3) is 5.69 Å². The van der Waals surface area contributed by atoms with Crippen LogP contribution in [0.15, 0.2) is 73.1 Å². The van der Waals surface area contributed by atoms with Crippen LogP contribution in [-0.2, 0) is 17.9 Å². The summed E-state index contributed by atoms with van der Waals surface area (Å²) in [6.07, 6.45) is 3.92. The Morgan fingerprint density at radius 3 is 2.23 bits per heavy atom. The van der Waals surface area contributed by atoms with E-state index in [1.807, 2.05) is 66.9 Å². The summed E-state index contributed by atoms with van der Waals surface area (Å²) in [5, 5.41) is 7.16. The summed E-state index contributed by atoms with van der Waals surface area (Å²) in [6, 6.07) is 19.4. The number of rotatable bonds is 8. The molecule has 0 bridgehead atoms. The number of nitrogens with zero attached hydrogens (tertiary/aromatic N) is 4. The monoisotopic (exact) mass is 405 g/mol. The van der Waals surface area contributed by atoms with Gasteiger partial charge in [-0.1, -0.05) is 48.5 Å². The highest BCUT2D eigenvalue weighted by Crippen LogP contribution is 2.09. The minimum atomic E-state index is -0.196. The first kappa shape index (κ1) is 21.1. The van der Waals surface area contributed by atoms with Gasteiger partial charge in [-0.2, -0.15) is 5.10 Å². The third-order valence-electron chi connectivity index (χ3n) is 4.73. The predicted molar refractivity (Wildman–Crippen MR) is 116 cm³/mol. The highest BCUT2D eigenvalue weighted by molar-refractivity contribution is 5.78. The highest BCUT2D eigenvalue weighted by Gasteiger charge is 2.13. The third-order valence-corrected chi connectivity index (χ3v) is 4.73. The van der Waals surface area contributed by atoms with E-state index in [0.717, 1.165) is 16.8 Å². The van der Waals surface area contributed by atoms with Crippen LogP contribution in [-0.4, -0.2) is 52.2 Å². The lowest BCUT2D eigenvalue weighted by Gasteiger charge is -2.19. The lowest BCUT2D eigenvalue weighted by molar-refractivity contribution is -0.130. The number of carbonyl (C=O) groups excluding carboxylic acids is 2. The Balaban J connectivity index is 1.41. The van der Waals surface area contributed by atoms with E-state index in [9.17, 15) is 9.59 Å². The standard InChI is InChI=1S/C23H27N5O2/c1-26(17-20-15-25-28(18-20)21-11-7-4-8-12-21)22(29)13-14-24-23(30)27(2)16-19-9-5-3-6-10-19/h3-12,15,18H,13-14,16-17H2,1-2H3,(H,24,30). The SMILES string of the molecule is CN(Cc1cnn(-c2ccccc2)c1)C(=O)CCNC(=O)N(C)Cc1ccccc1. The van der Waals surface area contributed by atoms with Gasteiger partial charge in [0.2, 0.25) is 5.91 Å². The van der Waals surface area contributed by atoms with Crippen LogP contribution in [0.2, 0.25) is 0 Å².